The van der Waals surface area contributed by atoms with Gasteiger partial charge in [0.1, 0.15) is 11.5 Å². The number of ether oxygens (including phenoxy) is 1. The highest BCUT2D eigenvalue weighted by atomic mass is 35.5. The van der Waals surface area contributed by atoms with Gasteiger partial charge in [0.05, 0.1) is 23.7 Å². The van der Waals surface area contributed by atoms with E-state index in [-0.39, 0.29) is 6.04 Å². The maximum atomic E-state index is 11.6. The molecule has 0 radical (unpaired) electrons. The van der Waals surface area contributed by atoms with Crippen LogP contribution in [0.25, 0.3) is 0 Å². The van der Waals surface area contributed by atoms with E-state index in [1.807, 2.05) is 26.0 Å². The van der Waals surface area contributed by atoms with Crippen molar-refractivity contribution in [3.05, 3.63) is 52.4 Å². The Morgan fingerprint density at radius 3 is 2.70 bits per heavy atom. The smallest absolute Gasteiger partial charge is 0.339 e. The molecule has 0 amide bonds. The third-order valence-corrected chi connectivity index (χ3v) is 3.27. The summed E-state index contributed by atoms with van der Waals surface area (Å²) < 4.78 is 10.3. The zero-order valence-electron chi connectivity index (χ0n) is 11.6. The summed E-state index contributed by atoms with van der Waals surface area (Å²) in [4.78, 5) is 11.6. The van der Waals surface area contributed by atoms with E-state index in [0.717, 1.165) is 17.2 Å². The Morgan fingerprint density at radius 2 is 2.10 bits per heavy atom. The van der Waals surface area contributed by atoms with Gasteiger partial charge in [0.15, 0.2) is 0 Å². The van der Waals surface area contributed by atoms with Gasteiger partial charge in [-0.25, -0.2) is 4.79 Å². The minimum Gasteiger partial charge on any atom is -0.465 e. The first kappa shape index (κ1) is 14.5. The molecule has 1 atom stereocenters. The predicted molar refractivity (Wildman–Crippen MR) is 78.3 cm³/mol. The third-order valence-electron chi connectivity index (χ3n) is 2.94. The highest BCUT2D eigenvalue weighted by molar-refractivity contribution is 6.33. The summed E-state index contributed by atoms with van der Waals surface area (Å²) in [5.74, 6) is 1.23. The highest BCUT2D eigenvalue weighted by Gasteiger charge is 2.14. The lowest BCUT2D eigenvalue weighted by atomic mass is 10.1. The van der Waals surface area contributed by atoms with E-state index in [1.165, 1.54) is 7.11 Å². The molecule has 0 spiro atoms. The maximum Gasteiger partial charge on any atom is 0.339 e. The van der Waals surface area contributed by atoms with Gasteiger partial charge in [-0.15, -0.1) is 0 Å². The number of halogens is 1. The van der Waals surface area contributed by atoms with E-state index in [4.69, 9.17) is 20.8 Å². The molecular formula is C15H16ClNO3. The van der Waals surface area contributed by atoms with Gasteiger partial charge in [0, 0.05) is 5.69 Å². The third kappa shape index (κ3) is 3.14. The number of furan rings is 1. The summed E-state index contributed by atoms with van der Waals surface area (Å²) in [5, 5.41) is 3.62. The van der Waals surface area contributed by atoms with Crippen molar-refractivity contribution in [2.45, 2.75) is 19.9 Å². The van der Waals surface area contributed by atoms with Crippen LogP contribution in [0.2, 0.25) is 5.02 Å². The van der Waals surface area contributed by atoms with Crippen molar-refractivity contribution in [3.8, 4) is 0 Å². The molecule has 4 nitrogen and oxygen atoms in total. The SMILES string of the molecule is COC(=O)c1cc(NC(C)c2ccc(C)o2)ccc1Cl. The number of carbonyl (C=O) groups is 1. The quantitative estimate of drug-likeness (QED) is 0.858. The van der Waals surface area contributed by atoms with Crippen molar-refractivity contribution >= 4 is 23.3 Å². The minimum atomic E-state index is -0.458. The highest BCUT2D eigenvalue weighted by Crippen LogP contribution is 2.25. The second-order valence-electron chi connectivity index (χ2n) is 4.50. The van der Waals surface area contributed by atoms with E-state index in [9.17, 15) is 4.79 Å². The first-order valence-corrected chi connectivity index (χ1v) is 6.60. The van der Waals surface area contributed by atoms with E-state index >= 15 is 0 Å². The Bertz CT molecular complexity index is 621. The van der Waals surface area contributed by atoms with Crippen molar-refractivity contribution in [2.24, 2.45) is 0 Å². The number of carbonyl (C=O) groups excluding carboxylic acids is 1. The Kier molecular flexibility index (Phi) is 4.35. The molecule has 1 unspecified atom stereocenters. The van der Waals surface area contributed by atoms with Crippen LogP contribution >= 0.6 is 11.6 Å². The van der Waals surface area contributed by atoms with E-state index in [1.54, 1.807) is 18.2 Å². The Balaban J connectivity index is 2.19. The molecular weight excluding hydrogens is 278 g/mol. The van der Waals surface area contributed by atoms with E-state index < -0.39 is 5.97 Å². The second-order valence-corrected chi connectivity index (χ2v) is 4.91. The van der Waals surface area contributed by atoms with Crippen LogP contribution in [0.15, 0.2) is 34.7 Å². The van der Waals surface area contributed by atoms with Crippen molar-refractivity contribution < 1.29 is 13.9 Å². The van der Waals surface area contributed by atoms with Gasteiger partial charge in [-0.3, -0.25) is 0 Å². The lowest BCUT2D eigenvalue weighted by Crippen LogP contribution is -2.08. The molecule has 0 saturated heterocycles. The van der Waals surface area contributed by atoms with Crippen LogP contribution in [0.5, 0.6) is 0 Å². The van der Waals surface area contributed by atoms with Gasteiger partial charge in [-0.1, -0.05) is 11.6 Å². The fourth-order valence-corrected chi connectivity index (χ4v) is 2.08. The summed E-state index contributed by atoms with van der Waals surface area (Å²) in [6.45, 7) is 3.87. The summed E-state index contributed by atoms with van der Waals surface area (Å²) in [6, 6.07) is 8.95. The van der Waals surface area contributed by atoms with Gasteiger partial charge >= 0.3 is 5.97 Å². The molecule has 1 aromatic carbocycles. The first-order chi connectivity index (χ1) is 9.51. The average Bonchev–Trinajstić information content (AvgIpc) is 2.87. The van der Waals surface area contributed by atoms with Crippen LogP contribution in [-0.4, -0.2) is 13.1 Å². The Hall–Kier alpha value is -1.94. The number of methoxy groups -OCH3 is 1. The average molecular weight is 294 g/mol. The largest absolute Gasteiger partial charge is 0.465 e. The normalized spacial score (nSPS) is 12.0. The number of benzene rings is 1. The zero-order chi connectivity index (χ0) is 14.7. The van der Waals surface area contributed by atoms with Crippen molar-refractivity contribution in [1.29, 1.82) is 0 Å². The molecule has 106 valence electrons. The molecule has 1 heterocycles. The van der Waals surface area contributed by atoms with Gasteiger partial charge < -0.3 is 14.5 Å². The summed E-state index contributed by atoms with van der Waals surface area (Å²) in [6.07, 6.45) is 0. The molecule has 0 aliphatic rings. The molecule has 0 aliphatic carbocycles. The topological polar surface area (TPSA) is 51.5 Å². The van der Waals surface area contributed by atoms with Crippen molar-refractivity contribution in [2.75, 3.05) is 12.4 Å². The van der Waals surface area contributed by atoms with Crippen LogP contribution in [-0.2, 0) is 4.74 Å². The molecule has 2 rings (SSSR count). The number of nitrogens with one attached hydrogen (secondary N) is 1. The summed E-state index contributed by atoms with van der Waals surface area (Å²) >= 11 is 5.98. The van der Waals surface area contributed by atoms with Gasteiger partial charge in [0.25, 0.3) is 0 Å². The minimum absolute atomic E-state index is 0.0182. The fourth-order valence-electron chi connectivity index (χ4n) is 1.89. The number of hydrogen-bond acceptors (Lipinski definition) is 4. The van der Waals surface area contributed by atoms with E-state index in [0.29, 0.717) is 10.6 Å². The molecule has 0 saturated carbocycles. The van der Waals surface area contributed by atoms with Crippen LogP contribution < -0.4 is 5.32 Å². The second kappa shape index (κ2) is 6.01. The molecule has 20 heavy (non-hydrogen) atoms. The number of anilines is 1. The fraction of sp³-hybridized carbons (Fsp3) is 0.267. The number of rotatable bonds is 4. The zero-order valence-corrected chi connectivity index (χ0v) is 12.3. The predicted octanol–water partition coefficient (Wildman–Crippen LogP) is 4.20. The molecule has 5 heteroatoms. The summed E-state index contributed by atoms with van der Waals surface area (Å²) in [5.41, 5.74) is 1.11. The monoisotopic (exact) mass is 293 g/mol. The van der Waals surface area contributed by atoms with Gasteiger partial charge in [-0.2, -0.15) is 0 Å². The van der Waals surface area contributed by atoms with Crippen LogP contribution in [0.1, 0.15) is 34.8 Å². The number of aryl methyl sites for hydroxylation is 1. The number of esters is 1. The van der Waals surface area contributed by atoms with Gasteiger partial charge in [-0.05, 0) is 44.2 Å². The lowest BCUT2D eigenvalue weighted by molar-refractivity contribution is 0.0601. The Morgan fingerprint density at radius 1 is 1.35 bits per heavy atom. The molecule has 0 aliphatic heterocycles. The lowest BCUT2D eigenvalue weighted by Gasteiger charge is -2.14. The molecule has 2 aromatic rings. The van der Waals surface area contributed by atoms with Crippen LogP contribution in [0.4, 0.5) is 5.69 Å². The van der Waals surface area contributed by atoms with Gasteiger partial charge in [0.2, 0.25) is 0 Å². The first-order valence-electron chi connectivity index (χ1n) is 6.22. The molecule has 1 N–H and O–H groups in total. The summed E-state index contributed by atoms with van der Waals surface area (Å²) in [7, 11) is 1.33. The molecule has 1 aromatic heterocycles. The Labute approximate surface area is 122 Å². The maximum absolute atomic E-state index is 11.6. The standard InChI is InChI=1S/C15H16ClNO3/c1-9-4-7-14(20-9)10(2)17-11-5-6-13(16)12(8-11)15(18)19-3/h4-8,10,17H,1-3H3. The molecule has 0 fully saturated rings. The van der Waals surface area contributed by atoms with Crippen LogP contribution in [0.3, 0.4) is 0 Å². The van der Waals surface area contributed by atoms with Crippen LogP contribution in [0, 0.1) is 6.92 Å². The molecule has 0 bridgehead atoms. The number of hydrogen-bond donors (Lipinski definition) is 1. The van der Waals surface area contributed by atoms with Crippen molar-refractivity contribution in [3.63, 3.8) is 0 Å². The van der Waals surface area contributed by atoms with Crippen molar-refractivity contribution in [1.82, 2.24) is 0 Å². The van der Waals surface area contributed by atoms with E-state index in [2.05, 4.69) is 5.32 Å².